The highest BCUT2D eigenvalue weighted by Gasteiger charge is 2.13. The van der Waals surface area contributed by atoms with Crippen LogP contribution < -0.4 is 19.5 Å². The van der Waals surface area contributed by atoms with E-state index in [0.29, 0.717) is 28.8 Å². The second-order valence-corrected chi connectivity index (χ2v) is 4.81. The molecule has 0 saturated carbocycles. The lowest BCUT2D eigenvalue weighted by molar-refractivity contribution is 0.369. The van der Waals surface area contributed by atoms with Gasteiger partial charge in [-0.3, -0.25) is 0 Å². The van der Waals surface area contributed by atoms with Crippen molar-refractivity contribution in [3.63, 3.8) is 0 Å². The average Bonchev–Trinajstić information content (AvgIpc) is 2.52. The van der Waals surface area contributed by atoms with Crippen LogP contribution in [0.15, 0.2) is 36.4 Å². The Morgan fingerprint density at radius 1 is 0.952 bits per heavy atom. The van der Waals surface area contributed by atoms with E-state index in [9.17, 15) is 0 Å². The van der Waals surface area contributed by atoms with Crippen LogP contribution >= 0.6 is 11.6 Å². The van der Waals surface area contributed by atoms with Gasteiger partial charge in [-0.2, -0.15) is 0 Å². The Bertz CT molecular complexity index is 591. The number of anilines is 1. The average molecular weight is 308 g/mol. The fourth-order valence-electron chi connectivity index (χ4n) is 2.04. The van der Waals surface area contributed by atoms with E-state index in [4.69, 9.17) is 25.8 Å². The molecule has 5 heteroatoms. The van der Waals surface area contributed by atoms with Crippen molar-refractivity contribution in [1.29, 1.82) is 0 Å². The maximum atomic E-state index is 5.98. The van der Waals surface area contributed by atoms with E-state index in [1.807, 2.05) is 36.4 Å². The van der Waals surface area contributed by atoms with Crippen molar-refractivity contribution < 1.29 is 14.2 Å². The molecule has 2 rings (SSSR count). The van der Waals surface area contributed by atoms with Crippen molar-refractivity contribution in [3.8, 4) is 17.2 Å². The van der Waals surface area contributed by atoms with Gasteiger partial charge < -0.3 is 19.5 Å². The van der Waals surface area contributed by atoms with E-state index >= 15 is 0 Å². The summed E-state index contributed by atoms with van der Waals surface area (Å²) >= 11 is 5.98. The second kappa shape index (κ2) is 7.09. The summed E-state index contributed by atoms with van der Waals surface area (Å²) in [6.45, 7) is 0.552. The fraction of sp³-hybridized carbons (Fsp3) is 0.250. The molecule has 0 amide bonds. The minimum atomic E-state index is 0.552. The topological polar surface area (TPSA) is 39.7 Å². The Hall–Kier alpha value is -2.07. The quantitative estimate of drug-likeness (QED) is 0.876. The molecule has 2 aromatic carbocycles. The summed E-state index contributed by atoms with van der Waals surface area (Å²) in [5.41, 5.74) is 1.85. The summed E-state index contributed by atoms with van der Waals surface area (Å²) in [5, 5.41) is 3.99. The molecular weight excluding hydrogens is 290 g/mol. The van der Waals surface area contributed by atoms with Crippen LogP contribution in [-0.4, -0.2) is 21.3 Å². The van der Waals surface area contributed by atoms with Gasteiger partial charge in [0.1, 0.15) is 17.2 Å². The molecule has 0 aliphatic carbocycles. The van der Waals surface area contributed by atoms with Crippen molar-refractivity contribution in [3.05, 3.63) is 47.0 Å². The lowest BCUT2D eigenvalue weighted by Crippen LogP contribution is -2.04. The zero-order chi connectivity index (χ0) is 15.2. The third-order valence-corrected chi connectivity index (χ3v) is 3.35. The van der Waals surface area contributed by atoms with Crippen molar-refractivity contribution in [2.75, 3.05) is 26.6 Å². The first kappa shape index (κ1) is 15.3. The summed E-state index contributed by atoms with van der Waals surface area (Å²) in [5.74, 6) is 2.11. The normalized spacial score (nSPS) is 10.1. The van der Waals surface area contributed by atoms with Crippen molar-refractivity contribution in [1.82, 2.24) is 0 Å². The molecule has 0 saturated heterocycles. The molecule has 0 heterocycles. The van der Waals surface area contributed by atoms with E-state index < -0.39 is 0 Å². The Labute approximate surface area is 129 Å². The van der Waals surface area contributed by atoms with Gasteiger partial charge in [-0.1, -0.05) is 17.7 Å². The van der Waals surface area contributed by atoms with Crippen molar-refractivity contribution >= 4 is 17.3 Å². The van der Waals surface area contributed by atoms with Gasteiger partial charge in [-0.05, 0) is 18.2 Å². The predicted octanol–water partition coefficient (Wildman–Crippen LogP) is 3.98. The van der Waals surface area contributed by atoms with Crippen molar-refractivity contribution in [2.24, 2.45) is 0 Å². The monoisotopic (exact) mass is 307 g/mol. The largest absolute Gasteiger partial charge is 0.496 e. The summed E-state index contributed by atoms with van der Waals surface area (Å²) < 4.78 is 16.1. The van der Waals surface area contributed by atoms with Gasteiger partial charge in [-0.25, -0.2) is 0 Å². The second-order valence-electron chi connectivity index (χ2n) is 4.37. The Kier molecular flexibility index (Phi) is 5.17. The van der Waals surface area contributed by atoms with E-state index in [0.717, 1.165) is 11.3 Å². The van der Waals surface area contributed by atoms with Crippen LogP contribution in [0.1, 0.15) is 5.56 Å². The van der Waals surface area contributed by atoms with Gasteiger partial charge >= 0.3 is 0 Å². The molecule has 0 aliphatic rings. The van der Waals surface area contributed by atoms with Crippen LogP contribution in [0.2, 0.25) is 5.02 Å². The standard InChI is InChI=1S/C16H18ClNO3/c1-19-13-8-15(20-2)14(16(9-13)21-3)10-18-12-6-4-5-11(17)7-12/h4-9,18H,10H2,1-3H3. The van der Waals surface area contributed by atoms with Gasteiger partial charge in [0.15, 0.2) is 0 Å². The van der Waals surface area contributed by atoms with Crippen LogP contribution in [0, 0.1) is 0 Å². The van der Waals surface area contributed by atoms with Crippen LogP contribution in [0.5, 0.6) is 17.2 Å². The highest BCUT2D eigenvalue weighted by Crippen LogP contribution is 2.34. The molecule has 0 aliphatic heterocycles. The van der Waals surface area contributed by atoms with Crippen LogP contribution in [-0.2, 0) is 6.54 Å². The summed E-state index contributed by atoms with van der Waals surface area (Å²) in [4.78, 5) is 0. The van der Waals surface area contributed by atoms with Gasteiger partial charge in [0.25, 0.3) is 0 Å². The minimum Gasteiger partial charge on any atom is -0.496 e. The van der Waals surface area contributed by atoms with E-state index in [1.165, 1.54) is 0 Å². The van der Waals surface area contributed by atoms with E-state index in [1.54, 1.807) is 21.3 Å². The lowest BCUT2D eigenvalue weighted by Gasteiger charge is -2.16. The zero-order valence-corrected chi connectivity index (χ0v) is 13.0. The molecule has 112 valence electrons. The first-order valence-electron chi connectivity index (χ1n) is 6.46. The molecule has 0 aromatic heterocycles. The SMILES string of the molecule is COc1cc(OC)c(CNc2cccc(Cl)c2)c(OC)c1. The molecule has 0 spiro atoms. The third-order valence-electron chi connectivity index (χ3n) is 3.11. The van der Waals surface area contributed by atoms with Gasteiger partial charge in [0, 0.05) is 29.4 Å². The number of ether oxygens (including phenoxy) is 3. The van der Waals surface area contributed by atoms with E-state index in [-0.39, 0.29) is 0 Å². The highest BCUT2D eigenvalue weighted by atomic mass is 35.5. The molecule has 21 heavy (non-hydrogen) atoms. The fourth-order valence-corrected chi connectivity index (χ4v) is 2.23. The summed E-state index contributed by atoms with van der Waals surface area (Å²) in [6, 6.07) is 11.2. The smallest absolute Gasteiger partial charge is 0.131 e. The van der Waals surface area contributed by atoms with Crippen LogP contribution in [0.25, 0.3) is 0 Å². The molecule has 0 bridgehead atoms. The number of methoxy groups -OCH3 is 3. The lowest BCUT2D eigenvalue weighted by atomic mass is 10.1. The van der Waals surface area contributed by atoms with Gasteiger partial charge in [0.2, 0.25) is 0 Å². The molecule has 4 nitrogen and oxygen atoms in total. The summed E-state index contributed by atoms with van der Waals surface area (Å²) in [6.07, 6.45) is 0. The maximum absolute atomic E-state index is 5.98. The number of benzene rings is 2. The maximum Gasteiger partial charge on any atom is 0.131 e. The number of nitrogens with one attached hydrogen (secondary N) is 1. The zero-order valence-electron chi connectivity index (χ0n) is 12.3. The van der Waals surface area contributed by atoms with Crippen LogP contribution in [0.3, 0.4) is 0 Å². The molecule has 0 atom stereocenters. The minimum absolute atomic E-state index is 0.552. The number of rotatable bonds is 6. The van der Waals surface area contributed by atoms with Gasteiger partial charge in [-0.15, -0.1) is 0 Å². The van der Waals surface area contributed by atoms with Crippen molar-refractivity contribution in [2.45, 2.75) is 6.54 Å². The molecular formula is C16H18ClNO3. The first-order chi connectivity index (χ1) is 10.2. The summed E-state index contributed by atoms with van der Waals surface area (Å²) in [7, 11) is 4.85. The number of halogens is 1. The third kappa shape index (κ3) is 3.73. The van der Waals surface area contributed by atoms with Gasteiger partial charge in [0.05, 0.1) is 26.9 Å². The Morgan fingerprint density at radius 3 is 2.14 bits per heavy atom. The molecule has 0 unspecified atom stereocenters. The number of hydrogen-bond donors (Lipinski definition) is 1. The molecule has 0 radical (unpaired) electrons. The first-order valence-corrected chi connectivity index (χ1v) is 6.84. The Balaban J connectivity index is 2.26. The molecule has 2 aromatic rings. The molecule has 1 N–H and O–H groups in total. The van der Waals surface area contributed by atoms with E-state index in [2.05, 4.69) is 5.32 Å². The predicted molar refractivity (Wildman–Crippen MR) is 84.9 cm³/mol. The number of hydrogen-bond acceptors (Lipinski definition) is 4. The Morgan fingerprint density at radius 2 is 1.62 bits per heavy atom. The highest BCUT2D eigenvalue weighted by molar-refractivity contribution is 6.30. The molecule has 0 fully saturated rings. The van der Waals surface area contributed by atoms with Crippen LogP contribution in [0.4, 0.5) is 5.69 Å².